The predicted octanol–water partition coefficient (Wildman–Crippen LogP) is 2.18. The van der Waals surface area contributed by atoms with Crippen molar-refractivity contribution in [2.24, 2.45) is 11.8 Å². The van der Waals surface area contributed by atoms with Gasteiger partial charge in [0, 0.05) is 18.3 Å². The van der Waals surface area contributed by atoms with E-state index in [1.165, 1.54) is 0 Å². The minimum absolute atomic E-state index is 0.0624. The number of carbonyl (C=O) groups is 2. The molecule has 0 aromatic carbocycles. The van der Waals surface area contributed by atoms with Crippen LogP contribution in [-0.2, 0) is 14.3 Å². The van der Waals surface area contributed by atoms with Gasteiger partial charge in [-0.15, -0.1) is 0 Å². The number of carbonyl (C=O) groups excluding carboxylic acids is 1. The summed E-state index contributed by atoms with van der Waals surface area (Å²) in [6.07, 6.45) is 10.2. The van der Waals surface area contributed by atoms with Crippen LogP contribution in [0.2, 0.25) is 0 Å². The lowest BCUT2D eigenvalue weighted by Crippen LogP contribution is -2.27. The maximum atomic E-state index is 11.0. The van der Waals surface area contributed by atoms with Gasteiger partial charge in [0.1, 0.15) is 6.29 Å². The molecule has 0 saturated carbocycles. The van der Waals surface area contributed by atoms with Crippen molar-refractivity contribution in [2.45, 2.75) is 50.7 Å². The molecule has 2 saturated heterocycles. The van der Waals surface area contributed by atoms with E-state index in [0.717, 1.165) is 32.0 Å². The molecule has 3 unspecified atom stereocenters. The predicted molar refractivity (Wildman–Crippen MR) is 66.2 cm³/mol. The third-order valence-electron chi connectivity index (χ3n) is 3.98. The molecule has 0 amide bonds. The Kier molecular flexibility index (Phi) is 4.53. The van der Waals surface area contributed by atoms with Crippen LogP contribution in [0, 0.1) is 11.8 Å². The average molecular weight is 252 g/mol. The molecule has 0 aromatic heterocycles. The minimum Gasteiger partial charge on any atom is -0.481 e. The zero-order valence-electron chi connectivity index (χ0n) is 10.5. The van der Waals surface area contributed by atoms with Crippen molar-refractivity contribution in [1.29, 1.82) is 0 Å². The molecule has 4 nitrogen and oxygen atoms in total. The van der Waals surface area contributed by atoms with Crippen LogP contribution in [-0.4, -0.2) is 29.6 Å². The van der Waals surface area contributed by atoms with Crippen molar-refractivity contribution in [3.63, 3.8) is 0 Å². The standard InChI is InChI=1S/C14H20O4/c15-9-11-10(12-7-8-13(11)18-12)5-3-1-2-4-6-14(16)17/h1,3,9-13H,2,4-8H2,(H,16,17)/t10?,11?,12?,13-/m0/s1. The fraction of sp³-hybridized carbons (Fsp3) is 0.714. The number of hydrogen-bond donors (Lipinski definition) is 1. The number of allylic oxidation sites excluding steroid dienone is 2. The summed E-state index contributed by atoms with van der Waals surface area (Å²) >= 11 is 0. The highest BCUT2D eigenvalue weighted by atomic mass is 16.5. The Morgan fingerprint density at radius 1 is 1.28 bits per heavy atom. The highest BCUT2D eigenvalue weighted by molar-refractivity contribution is 5.66. The maximum Gasteiger partial charge on any atom is 0.303 e. The number of aldehydes is 1. The van der Waals surface area contributed by atoms with Crippen LogP contribution >= 0.6 is 0 Å². The van der Waals surface area contributed by atoms with Gasteiger partial charge in [-0.25, -0.2) is 0 Å². The van der Waals surface area contributed by atoms with E-state index >= 15 is 0 Å². The van der Waals surface area contributed by atoms with Gasteiger partial charge < -0.3 is 14.6 Å². The molecule has 2 aliphatic heterocycles. The van der Waals surface area contributed by atoms with Gasteiger partial charge in [0.05, 0.1) is 12.2 Å². The smallest absolute Gasteiger partial charge is 0.303 e. The third kappa shape index (κ3) is 2.99. The summed E-state index contributed by atoms with van der Waals surface area (Å²) in [5.74, 6) is -0.352. The largest absolute Gasteiger partial charge is 0.481 e. The lowest BCUT2D eigenvalue weighted by molar-refractivity contribution is -0.137. The van der Waals surface area contributed by atoms with Gasteiger partial charge in [-0.05, 0) is 32.1 Å². The molecule has 18 heavy (non-hydrogen) atoms. The van der Waals surface area contributed by atoms with Crippen LogP contribution in [0.3, 0.4) is 0 Å². The Labute approximate surface area is 107 Å². The number of carboxylic acids is 1. The number of fused-ring (bicyclic) bond motifs is 2. The second kappa shape index (κ2) is 6.14. The number of rotatable bonds is 7. The van der Waals surface area contributed by atoms with Gasteiger partial charge in [-0.3, -0.25) is 4.79 Å². The van der Waals surface area contributed by atoms with Gasteiger partial charge in [-0.1, -0.05) is 12.2 Å². The van der Waals surface area contributed by atoms with Crippen LogP contribution in [0.15, 0.2) is 12.2 Å². The summed E-state index contributed by atoms with van der Waals surface area (Å²) in [5.41, 5.74) is 0. The molecule has 100 valence electrons. The van der Waals surface area contributed by atoms with Crippen molar-refractivity contribution in [2.75, 3.05) is 0 Å². The normalized spacial score (nSPS) is 34.2. The van der Waals surface area contributed by atoms with Crippen LogP contribution in [0.4, 0.5) is 0 Å². The molecule has 4 atom stereocenters. The SMILES string of the molecule is O=CC1C(CC=CCCCC(=O)O)C2CC[C@@H]1O2. The van der Waals surface area contributed by atoms with Crippen molar-refractivity contribution >= 4 is 12.3 Å². The average Bonchev–Trinajstić information content (AvgIpc) is 2.93. The second-order valence-corrected chi connectivity index (χ2v) is 5.16. The van der Waals surface area contributed by atoms with Crippen molar-refractivity contribution in [1.82, 2.24) is 0 Å². The van der Waals surface area contributed by atoms with E-state index in [1.807, 2.05) is 6.08 Å². The summed E-state index contributed by atoms with van der Waals surface area (Å²) in [7, 11) is 0. The molecule has 0 aromatic rings. The first-order valence-electron chi connectivity index (χ1n) is 6.70. The van der Waals surface area contributed by atoms with Crippen molar-refractivity contribution in [3.05, 3.63) is 12.2 Å². The topological polar surface area (TPSA) is 63.6 Å². The van der Waals surface area contributed by atoms with E-state index in [-0.39, 0.29) is 24.5 Å². The van der Waals surface area contributed by atoms with E-state index < -0.39 is 5.97 Å². The van der Waals surface area contributed by atoms with Crippen LogP contribution in [0.25, 0.3) is 0 Å². The lowest BCUT2D eigenvalue weighted by Gasteiger charge is -2.22. The van der Waals surface area contributed by atoms with E-state index in [4.69, 9.17) is 9.84 Å². The number of carboxylic acid groups (broad SMARTS) is 1. The Morgan fingerprint density at radius 2 is 2.06 bits per heavy atom. The molecule has 0 spiro atoms. The Morgan fingerprint density at radius 3 is 2.78 bits per heavy atom. The highest BCUT2D eigenvalue weighted by Crippen LogP contribution is 2.44. The number of aliphatic carboxylic acids is 1. The molecule has 2 heterocycles. The summed E-state index contributed by atoms with van der Waals surface area (Å²) in [6, 6.07) is 0. The maximum absolute atomic E-state index is 11.0. The Hall–Kier alpha value is -1.16. The van der Waals surface area contributed by atoms with Crippen LogP contribution in [0.1, 0.15) is 38.5 Å². The zero-order valence-corrected chi connectivity index (χ0v) is 10.5. The molecule has 4 heteroatoms. The first-order valence-corrected chi connectivity index (χ1v) is 6.70. The molecule has 1 N–H and O–H groups in total. The summed E-state index contributed by atoms with van der Waals surface area (Å²) in [4.78, 5) is 21.4. The molecule has 2 fully saturated rings. The minimum atomic E-state index is -0.745. The van der Waals surface area contributed by atoms with Gasteiger partial charge in [-0.2, -0.15) is 0 Å². The number of ether oxygens (including phenoxy) is 1. The number of unbranched alkanes of at least 4 members (excludes halogenated alkanes) is 1. The summed E-state index contributed by atoms with van der Waals surface area (Å²) < 4.78 is 5.76. The fourth-order valence-corrected chi connectivity index (χ4v) is 3.05. The molecule has 2 rings (SSSR count). The lowest BCUT2D eigenvalue weighted by atomic mass is 9.78. The monoisotopic (exact) mass is 252 g/mol. The fourth-order valence-electron chi connectivity index (χ4n) is 3.05. The first-order chi connectivity index (χ1) is 8.72. The molecule has 0 radical (unpaired) electrons. The van der Waals surface area contributed by atoms with E-state index in [2.05, 4.69) is 6.08 Å². The van der Waals surface area contributed by atoms with Gasteiger partial charge in [0.2, 0.25) is 0 Å². The van der Waals surface area contributed by atoms with Crippen molar-refractivity contribution in [3.8, 4) is 0 Å². The zero-order chi connectivity index (χ0) is 13.0. The molecular formula is C14H20O4. The van der Waals surface area contributed by atoms with Gasteiger partial charge in [0.25, 0.3) is 0 Å². The van der Waals surface area contributed by atoms with E-state index in [0.29, 0.717) is 12.3 Å². The summed E-state index contributed by atoms with van der Waals surface area (Å²) in [6.45, 7) is 0. The second-order valence-electron chi connectivity index (χ2n) is 5.16. The molecule has 2 aliphatic rings. The summed E-state index contributed by atoms with van der Waals surface area (Å²) in [5, 5.41) is 8.50. The first kappa shape index (κ1) is 13.3. The van der Waals surface area contributed by atoms with Gasteiger partial charge in [0.15, 0.2) is 0 Å². The van der Waals surface area contributed by atoms with Crippen molar-refractivity contribution < 1.29 is 19.4 Å². The highest BCUT2D eigenvalue weighted by Gasteiger charge is 2.47. The molecule has 0 aliphatic carbocycles. The quantitative estimate of drug-likeness (QED) is 0.428. The third-order valence-corrected chi connectivity index (χ3v) is 3.98. The number of hydrogen-bond acceptors (Lipinski definition) is 3. The molecular weight excluding hydrogens is 232 g/mol. The van der Waals surface area contributed by atoms with Crippen LogP contribution < -0.4 is 0 Å². The Bertz CT molecular complexity index is 337. The molecule has 2 bridgehead atoms. The van der Waals surface area contributed by atoms with E-state index in [9.17, 15) is 9.59 Å². The van der Waals surface area contributed by atoms with Crippen LogP contribution in [0.5, 0.6) is 0 Å². The Balaban J connectivity index is 1.71. The van der Waals surface area contributed by atoms with Gasteiger partial charge >= 0.3 is 5.97 Å². The van der Waals surface area contributed by atoms with E-state index in [1.54, 1.807) is 0 Å².